The molecule has 0 atom stereocenters. The molecule has 0 spiro atoms. The first-order valence-electron chi connectivity index (χ1n) is 9.22. The van der Waals surface area contributed by atoms with Gasteiger partial charge in [-0.05, 0) is 45.4 Å². The van der Waals surface area contributed by atoms with E-state index in [-0.39, 0.29) is 22.8 Å². The second kappa shape index (κ2) is 8.19. The molecule has 0 saturated carbocycles. The number of para-hydroxylation sites is 1. The lowest BCUT2D eigenvalue weighted by molar-refractivity contribution is -0.119. The van der Waals surface area contributed by atoms with Gasteiger partial charge in [-0.3, -0.25) is 14.2 Å². The number of carbonyl (C=O) groups is 1. The fourth-order valence-electron chi connectivity index (χ4n) is 2.86. The van der Waals surface area contributed by atoms with Crippen molar-refractivity contribution in [3.05, 3.63) is 70.0 Å². The molecule has 6 heteroatoms. The molecule has 5 nitrogen and oxygen atoms in total. The van der Waals surface area contributed by atoms with Crippen LogP contribution >= 0.6 is 11.8 Å². The van der Waals surface area contributed by atoms with Gasteiger partial charge in [0.05, 0.1) is 23.2 Å². The quantitative estimate of drug-likeness (QED) is 0.528. The lowest BCUT2D eigenvalue weighted by Crippen LogP contribution is -2.41. The van der Waals surface area contributed by atoms with Gasteiger partial charge in [-0.1, -0.05) is 53.7 Å². The molecular weight excluding hydrogens is 370 g/mol. The number of aryl methyl sites for hydroxylation is 1. The van der Waals surface area contributed by atoms with Crippen LogP contribution in [0.5, 0.6) is 0 Å². The first-order chi connectivity index (χ1) is 13.2. The van der Waals surface area contributed by atoms with Gasteiger partial charge in [0.25, 0.3) is 5.56 Å². The van der Waals surface area contributed by atoms with Crippen molar-refractivity contribution in [2.45, 2.75) is 44.9 Å². The second-order valence-corrected chi connectivity index (χ2v) is 8.82. The molecular formula is C22H25N3O2S. The molecule has 0 radical (unpaired) electrons. The van der Waals surface area contributed by atoms with Gasteiger partial charge in [-0.15, -0.1) is 0 Å². The molecule has 0 fully saturated rings. The van der Waals surface area contributed by atoms with E-state index in [1.807, 2.05) is 70.2 Å². The Labute approximate surface area is 169 Å². The van der Waals surface area contributed by atoms with Crippen molar-refractivity contribution in [1.29, 1.82) is 0 Å². The summed E-state index contributed by atoms with van der Waals surface area (Å²) in [6.45, 7) is 8.27. The summed E-state index contributed by atoms with van der Waals surface area (Å²) in [6, 6.07) is 15.4. The second-order valence-electron chi connectivity index (χ2n) is 7.88. The molecule has 1 heterocycles. The van der Waals surface area contributed by atoms with Crippen LogP contribution in [-0.4, -0.2) is 26.8 Å². The number of rotatable bonds is 5. The standard InChI is InChI=1S/C22H25N3O2S/c1-15-9-11-16(12-10-15)13-25-20(27)17-7-5-6-8-18(17)23-21(25)28-14-19(26)24-22(2,3)4/h5-12H,13-14H2,1-4H3,(H,24,26). The van der Waals surface area contributed by atoms with E-state index in [0.717, 1.165) is 5.56 Å². The van der Waals surface area contributed by atoms with Crippen LogP contribution in [0.1, 0.15) is 31.9 Å². The van der Waals surface area contributed by atoms with Crippen LogP contribution in [0.25, 0.3) is 10.9 Å². The van der Waals surface area contributed by atoms with E-state index in [1.54, 1.807) is 10.6 Å². The monoisotopic (exact) mass is 395 g/mol. The van der Waals surface area contributed by atoms with Crippen molar-refractivity contribution in [2.75, 3.05) is 5.75 Å². The molecule has 0 aliphatic heterocycles. The van der Waals surface area contributed by atoms with Gasteiger partial charge in [0.15, 0.2) is 5.16 Å². The van der Waals surface area contributed by atoms with E-state index in [1.165, 1.54) is 17.3 Å². The van der Waals surface area contributed by atoms with Gasteiger partial charge >= 0.3 is 0 Å². The molecule has 28 heavy (non-hydrogen) atoms. The zero-order valence-corrected chi connectivity index (χ0v) is 17.5. The smallest absolute Gasteiger partial charge is 0.262 e. The van der Waals surface area contributed by atoms with Gasteiger partial charge in [0, 0.05) is 5.54 Å². The predicted octanol–water partition coefficient (Wildman–Crippen LogP) is 3.76. The van der Waals surface area contributed by atoms with Crippen LogP contribution < -0.4 is 10.9 Å². The van der Waals surface area contributed by atoms with Crippen molar-refractivity contribution >= 4 is 28.6 Å². The number of thioether (sulfide) groups is 1. The normalized spacial score (nSPS) is 11.6. The molecule has 3 rings (SSSR count). The van der Waals surface area contributed by atoms with Gasteiger partial charge in [-0.25, -0.2) is 4.98 Å². The molecule has 0 aliphatic rings. The van der Waals surface area contributed by atoms with Crippen molar-refractivity contribution in [1.82, 2.24) is 14.9 Å². The van der Waals surface area contributed by atoms with Crippen LogP contribution in [0.3, 0.4) is 0 Å². The van der Waals surface area contributed by atoms with Crippen molar-refractivity contribution in [3.8, 4) is 0 Å². The molecule has 1 N–H and O–H groups in total. The third-order valence-electron chi connectivity index (χ3n) is 4.13. The molecule has 1 aromatic heterocycles. The number of amides is 1. The lowest BCUT2D eigenvalue weighted by Gasteiger charge is -2.20. The van der Waals surface area contributed by atoms with Gasteiger partial charge in [0.2, 0.25) is 5.91 Å². The third-order valence-corrected chi connectivity index (χ3v) is 5.11. The maximum absolute atomic E-state index is 13.1. The maximum Gasteiger partial charge on any atom is 0.262 e. The minimum Gasteiger partial charge on any atom is -0.351 e. The first-order valence-corrected chi connectivity index (χ1v) is 10.2. The zero-order chi connectivity index (χ0) is 20.3. The Bertz CT molecular complexity index is 1050. The van der Waals surface area contributed by atoms with E-state index < -0.39 is 0 Å². The SMILES string of the molecule is Cc1ccc(Cn2c(SCC(=O)NC(C)(C)C)nc3ccccc3c2=O)cc1. The van der Waals surface area contributed by atoms with Crippen molar-refractivity contribution in [3.63, 3.8) is 0 Å². The zero-order valence-electron chi connectivity index (χ0n) is 16.7. The first kappa shape index (κ1) is 20.1. The van der Waals surface area contributed by atoms with E-state index in [4.69, 9.17) is 0 Å². The molecule has 0 aliphatic carbocycles. The van der Waals surface area contributed by atoms with E-state index in [2.05, 4.69) is 10.3 Å². The molecule has 0 bridgehead atoms. The Morgan fingerprint density at radius 1 is 1.11 bits per heavy atom. The number of hydrogen-bond acceptors (Lipinski definition) is 4. The van der Waals surface area contributed by atoms with E-state index in [0.29, 0.717) is 22.6 Å². The third kappa shape index (κ3) is 5.01. The fourth-order valence-corrected chi connectivity index (χ4v) is 3.66. The van der Waals surface area contributed by atoms with E-state index in [9.17, 15) is 9.59 Å². The highest BCUT2D eigenvalue weighted by molar-refractivity contribution is 7.99. The number of benzene rings is 2. The van der Waals surface area contributed by atoms with Crippen LogP contribution in [0.2, 0.25) is 0 Å². The Hall–Kier alpha value is -2.60. The Kier molecular flexibility index (Phi) is 5.89. The molecule has 0 saturated heterocycles. The molecule has 1 amide bonds. The van der Waals surface area contributed by atoms with Gasteiger partial charge in [0.1, 0.15) is 0 Å². The highest BCUT2D eigenvalue weighted by Crippen LogP contribution is 2.19. The summed E-state index contributed by atoms with van der Waals surface area (Å²) < 4.78 is 1.65. The van der Waals surface area contributed by atoms with Gasteiger partial charge in [-0.2, -0.15) is 0 Å². The molecule has 2 aromatic carbocycles. The number of aromatic nitrogens is 2. The molecule has 0 unspecified atom stereocenters. The summed E-state index contributed by atoms with van der Waals surface area (Å²) in [4.78, 5) is 30.0. The van der Waals surface area contributed by atoms with Crippen LogP contribution in [-0.2, 0) is 11.3 Å². The topological polar surface area (TPSA) is 64.0 Å². The summed E-state index contributed by atoms with van der Waals surface area (Å²) in [6.07, 6.45) is 0. The number of carbonyl (C=O) groups excluding carboxylic acids is 1. The minimum atomic E-state index is -0.296. The van der Waals surface area contributed by atoms with Crippen LogP contribution in [0.4, 0.5) is 0 Å². The molecule has 3 aromatic rings. The maximum atomic E-state index is 13.1. The summed E-state index contributed by atoms with van der Waals surface area (Å²) in [5.74, 6) is 0.123. The van der Waals surface area contributed by atoms with Crippen LogP contribution in [0.15, 0.2) is 58.5 Å². The highest BCUT2D eigenvalue weighted by atomic mass is 32.2. The summed E-state index contributed by atoms with van der Waals surface area (Å²) in [5, 5.41) is 4.07. The number of fused-ring (bicyclic) bond motifs is 1. The minimum absolute atomic E-state index is 0.0817. The lowest BCUT2D eigenvalue weighted by atomic mass is 10.1. The van der Waals surface area contributed by atoms with Crippen LogP contribution in [0, 0.1) is 6.92 Å². The Morgan fingerprint density at radius 3 is 2.46 bits per heavy atom. The number of nitrogens with one attached hydrogen (secondary N) is 1. The predicted molar refractivity (Wildman–Crippen MR) is 115 cm³/mol. The van der Waals surface area contributed by atoms with Gasteiger partial charge < -0.3 is 5.32 Å². The Balaban J connectivity index is 1.95. The summed E-state index contributed by atoms with van der Waals surface area (Å²) >= 11 is 1.29. The largest absolute Gasteiger partial charge is 0.351 e. The number of nitrogens with zero attached hydrogens (tertiary/aromatic N) is 2. The fraction of sp³-hybridized carbons (Fsp3) is 0.318. The summed E-state index contributed by atoms with van der Waals surface area (Å²) in [7, 11) is 0. The highest BCUT2D eigenvalue weighted by Gasteiger charge is 2.17. The van der Waals surface area contributed by atoms with Crippen molar-refractivity contribution < 1.29 is 4.79 Å². The Morgan fingerprint density at radius 2 is 1.79 bits per heavy atom. The number of hydrogen-bond donors (Lipinski definition) is 1. The average molecular weight is 396 g/mol. The van der Waals surface area contributed by atoms with Crippen molar-refractivity contribution in [2.24, 2.45) is 0 Å². The summed E-state index contributed by atoms with van der Waals surface area (Å²) in [5.41, 5.74) is 2.44. The molecule has 146 valence electrons. The van der Waals surface area contributed by atoms with E-state index >= 15 is 0 Å². The average Bonchev–Trinajstić information content (AvgIpc) is 2.63.